The lowest BCUT2D eigenvalue weighted by molar-refractivity contribution is -0.115. The molecule has 0 radical (unpaired) electrons. The van der Waals surface area contributed by atoms with Crippen molar-refractivity contribution in [3.63, 3.8) is 0 Å². The van der Waals surface area contributed by atoms with Gasteiger partial charge in [-0.05, 0) is 44.5 Å². The summed E-state index contributed by atoms with van der Waals surface area (Å²) in [5, 5.41) is 15.0. The lowest BCUT2D eigenvalue weighted by atomic mass is 10.1. The molecule has 0 saturated carbocycles. The third-order valence-electron chi connectivity index (χ3n) is 3.72. The molecule has 2 aromatic carbocycles. The van der Waals surface area contributed by atoms with Crippen LogP contribution in [-0.4, -0.2) is 21.4 Å². The molecule has 3 rings (SSSR count). The Labute approximate surface area is 161 Å². The molecule has 0 spiro atoms. The van der Waals surface area contributed by atoms with Crippen molar-refractivity contribution in [2.75, 3.05) is 10.6 Å². The second-order valence-corrected chi connectivity index (χ2v) is 8.50. The lowest BCUT2D eigenvalue weighted by Crippen LogP contribution is -2.22. The van der Waals surface area contributed by atoms with Gasteiger partial charge in [0.2, 0.25) is 11.0 Å². The van der Waals surface area contributed by atoms with E-state index >= 15 is 0 Å². The summed E-state index contributed by atoms with van der Waals surface area (Å²) in [7, 11) is 0. The van der Waals surface area contributed by atoms with Gasteiger partial charge in [-0.2, -0.15) is 0 Å². The molecule has 3 aromatic rings. The minimum Gasteiger partial charge on any atom is -0.330 e. The first-order valence-corrected chi connectivity index (χ1v) is 9.91. The smallest absolute Gasteiger partial charge is 0.237 e. The molecular formula is C19H20N4OS2. The van der Waals surface area contributed by atoms with Crippen LogP contribution < -0.4 is 10.6 Å². The summed E-state index contributed by atoms with van der Waals surface area (Å²) >= 11 is 2.84. The number of aromatic nitrogens is 2. The van der Waals surface area contributed by atoms with E-state index in [0.717, 1.165) is 26.4 Å². The number of hydrogen-bond donors (Lipinski definition) is 2. The molecule has 26 heavy (non-hydrogen) atoms. The summed E-state index contributed by atoms with van der Waals surface area (Å²) in [5.41, 5.74) is 4.18. The van der Waals surface area contributed by atoms with Gasteiger partial charge in [-0.1, -0.05) is 59.0 Å². The molecule has 0 aliphatic heterocycles. The van der Waals surface area contributed by atoms with Crippen LogP contribution in [0.15, 0.2) is 52.9 Å². The minimum atomic E-state index is -0.267. The highest BCUT2D eigenvalue weighted by Gasteiger charge is 2.17. The first-order valence-electron chi connectivity index (χ1n) is 8.21. The highest BCUT2D eigenvalue weighted by atomic mass is 32.2. The van der Waals surface area contributed by atoms with Crippen molar-refractivity contribution in [3.05, 3.63) is 59.7 Å². The largest absolute Gasteiger partial charge is 0.330 e. The summed E-state index contributed by atoms with van der Waals surface area (Å²) < 4.78 is 0.757. The molecule has 134 valence electrons. The predicted octanol–water partition coefficient (Wildman–Crippen LogP) is 5.02. The van der Waals surface area contributed by atoms with Crippen LogP contribution in [0, 0.1) is 13.8 Å². The van der Waals surface area contributed by atoms with Gasteiger partial charge in [0.1, 0.15) is 0 Å². The summed E-state index contributed by atoms with van der Waals surface area (Å²) in [6.07, 6.45) is 0. The lowest BCUT2D eigenvalue weighted by Gasteiger charge is -2.10. The second kappa shape index (κ2) is 8.33. The number of carbonyl (C=O) groups excluding carboxylic acids is 1. The molecule has 1 heterocycles. The normalized spacial score (nSPS) is 11.8. The Morgan fingerprint density at radius 3 is 2.62 bits per heavy atom. The van der Waals surface area contributed by atoms with Gasteiger partial charge in [0.15, 0.2) is 4.34 Å². The van der Waals surface area contributed by atoms with Crippen molar-refractivity contribution >= 4 is 45.5 Å². The number of aryl methyl sites for hydroxylation is 2. The fourth-order valence-electron chi connectivity index (χ4n) is 2.35. The minimum absolute atomic E-state index is 0.0553. The number of nitrogens with zero attached hydrogens (tertiary/aromatic N) is 2. The fourth-order valence-corrected chi connectivity index (χ4v) is 4.26. The van der Waals surface area contributed by atoms with Crippen molar-refractivity contribution < 1.29 is 4.79 Å². The Hall–Kier alpha value is -2.38. The molecule has 7 heteroatoms. The molecule has 0 bridgehead atoms. The van der Waals surface area contributed by atoms with Crippen LogP contribution >= 0.6 is 23.1 Å². The van der Waals surface area contributed by atoms with E-state index in [1.165, 1.54) is 28.7 Å². The van der Waals surface area contributed by atoms with E-state index in [1.807, 2.05) is 43.3 Å². The van der Waals surface area contributed by atoms with E-state index in [9.17, 15) is 4.79 Å². The topological polar surface area (TPSA) is 66.9 Å². The first kappa shape index (κ1) is 18.4. The Morgan fingerprint density at radius 1 is 1.12 bits per heavy atom. The monoisotopic (exact) mass is 384 g/mol. The van der Waals surface area contributed by atoms with Gasteiger partial charge in [-0.3, -0.25) is 4.79 Å². The molecule has 0 unspecified atom stereocenters. The van der Waals surface area contributed by atoms with Gasteiger partial charge in [0.25, 0.3) is 0 Å². The molecule has 1 amide bonds. The summed E-state index contributed by atoms with van der Waals surface area (Å²) in [6, 6.07) is 15.6. The van der Waals surface area contributed by atoms with Crippen LogP contribution in [0.25, 0.3) is 0 Å². The number of nitrogens with one attached hydrogen (secondary N) is 2. The molecule has 0 aliphatic carbocycles. The van der Waals surface area contributed by atoms with Crippen molar-refractivity contribution in [1.82, 2.24) is 10.2 Å². The zero-order valence-electron chi connectivity index (χ0n) is 14.8. The van der Waals surface area contributed by atoms with Gasteiger partial charge in [0, 0.05) is 11.4 Å². The molecule has 1 atom stereocenters. The molecule has 0 saturated heterocycles. The fraction of sp³-hybridized carbons (Fsp3) is 0.211. The molecule has 2 N–H and O–H groups in total. The van der Waals surface area contributed by atoms with E-state index in [2.05, 4.69) is 46.8 Å². The van der Waals surface area contributed by atoms with Crippen molar-refractivity contribution in [2.24, 2.45) is 0 Å². The van der Waals surface area contributed by atoms with Crippen LogP contribution in [0.3, 0.4) is 0 Å². The zero-order valence-corrected chi connectivity index (χ0v) is 16.4. The van der Waals surface area contributed by atoms with Crippen LogP contribution in [0.1, 0.15) is 18.1 Å². The SMILES string of the molecule is Cc1ccc(Nc2nnc(S[C@H](C)C(=O)Nc3ccccc3)s2)c(C)c1. The number of amides is 1. The van der Waals surface area contributed by atoms with Crippen molar-refractivity contribution in [3.8, 4) is 0 Å². The van der Waals surface area contributed by atoms with Crippen LogP contribution in [-0.2, 0) is 4.79 Å². The van der Waals surface area contributed by atoms with Gasteiger partial charge in [0.05, 0.1) is 5.25 Å². The first-order chi connectivity index (χ1) is 12.5. The summed E-state index contributed by atoms with van der Waals surface area (Å²) in [5.74, 6) is -0.0553. The van der Waals surface area contributed by atoms with E-state index in [-0.39, 0.29) is 11.2 Å². The van der Waals surface area contributed by atoms with E-state index in [0.29, 0.717) is 0 Å². The Bertz CT molecular complexity index is 896. The number of thioether (sulfide) groups is 1. The zero-order chi connectivity index (χ0) is 18.5. The predicted molar refractivity (Wildman–Crippen MR) is 109 cm³/mol. The maximum absolute atomic E-state index is 12.3. The van der Waals surface area contributed by atoms with Crippen LogP contribution in [0.5, 0.6) is 0 Å². The van der Waals surface area contributed by atoms with Gasteiger partial charge < -0.3 is 10.6 Å². The van der Waals surface area contributed by atoms with Gasteiger partial charge >= 0.3 is 0 Å². The van der Waals surface area contributed by atoms with Gasteiger partial charge in [-0.15, -0.1) is 10.2 Å². The highest BCUT2D eigenvalue weighted by Crippen LogP contribution is 2.31. The third kappa shape index (κ3) is 4.83. The Kier molecular flexibility index (Phi) is 5.90. The Morgan fingerprint density at radius 2 is 1.88 bits per heavy atom. The van der Waals surface area contributed by atoms with Crippen molar-refractivity contribution in [1.29, 1.82) is 0 Å². The number of benzene rings is 2. The molecule has 0 aliphatic rings. The highest BCUT2D eigenvalue weighted by molar-refractivity contribution is 8.02. The van der Waals surface area contributed by atoms with E-state index in [4.69, 9.17) is 0 Å². The second-order valence-electron chi connectivity index (χ2n) is 5.93. The van der Waals surface area contributed by atoms with Crippen molar-refractivity contribution in [2.45, 2.75) is 30.4 Å². The average Bonchev–Trinajstić information content (AvgIpc) is 3.05. The maximum atomic E-state index is 12.3. The standard InChI is InChI=1S/C19H20N4OS2/c1-12-9-10-16(13(2)11-12)21-18-22-23-19(26-18)25-14(3)17(24)20-15-7-5-4-6-8-15/h4-11,14H,1-3H3,(H,20,24)(H,21,22)/t14-/m1/s1. The molecule has 1 aromatic heterocycles. The average molecular weight is 385 g/mol. The molecular weight excluding hydrogens is 364 g/mol. The van der Waals surface area contributed by atoms with E-state index in [1.54, 1.807) is 0 Å². The van der Waals surface area contributed by atoms with E-state index < -0.39 is 0 Å². The maximum Gasteiger partial charge on any atom is 0.237 e. The Balaban J connectivity index is 1.60. The van der Waals surface area contributed by atoms with Gasteiger partial charge in [-0.25, -0.2) is 0 Å². The molecule has 5 nitrogen and oxygen atoms in total. The van der Waals surface area contributed by atoms with Crippen LogP contribution in [0.2, 0.25) is 0 Å². The number of para-hydroxylation sites is 1. The number of carbonyl (C=O) groups is 1. The number of hydrogen-bond acceptors (Lipinski definition) is 6. The molecule has 0 fully saturated rings. The number of rotatable bonds is 6. The summed E-state index contributed by atoms with van der Waals surface area (Å²) in [4.78, 5) is 12.3. The van der Waals surface area contributed by atoms with Crippen LogP contribution in [0.4, 0.5) is 16.5 Å². The quantitative estimate of drug-likeness (QED) is 0.584. The third-order valence-corrected chi connectivity index (χ3v) is 5.74. The summed E-state index contributed by atoms with van der Waals surface area (Å²) in [6.45, 7) is 5.99. The number of anilines is 3.